The van der Waals surface area contributed by atoms with Gasteiger partial charge in [0.25, 0.3) is 0 Å². The number of nitriles is 1. The highest BCUT2D eigenvalue weighted by Crippen LogP contribution is 2.40. The number of nitrogens with zero attached hydrogens (tertiary/aromatic N) is 7. The first-order chi connectivity index (χ1) is 22.8. The Morgan fingerprint density at radius 1 is 1.23 bits per heavy atom. The number of benzene rings is 2. The van der Waals surface area contributed by atoms with Gasteiger partial charge in [-0.1, -0.05) is 42.4 Å². The van der Waals surface area contributed by atoms with Crippen molar-refractivity contribution in [3.8, 4) is 12.1 Å². The quantitative estimate of drug-likeness (QED) is 0.284. The molecule has 1 unspecified atom stereocenters. The molecule has 2 aromatic carbocycles. The van der Waals surface area contributed by atoms with Gasteiger partial charge in [0, 0.05) is 54.9 Å². The number of carbonyl (C=O) groups is 1. The van der Waals surface area contributed by atoms with E-state index in [1.807, 2.05) is 12.1 Å². The fourth-order valence-electron chi connectivity index (χ4n) is 7.46. The minimum Gasteiger partial charge on any atom is -0.463 e. The Morgan fingerprint density at radius 3 is 2.72 bits per heavy atom. The van der Waals surface area contributed by atoms with E-state index in [0.717, 1.165) is 51.5 Å². The monoisotopic (exact) mass is 655 g/mol. The van der Waals surface area contributed by atoms with Crippen molar-refractivity contribution in [3.05, 3.63) is 65.3 Å². The van der Waals surface area contributed by atoms with Gasteiger partial charge in [0.05, 0.1) is 54.4 Å². The van der Waals surface area contributed by atoms with Crippen molar-refractivity contribution in [2.75, 3.05) is 62.8 Å². The Bertz CT molecular complexity index is 1710. The first-order valence-corrected chi connectivity index (χ1v) is 17.0. The van der Waals surface area contributed by atoms with Crippen LogP contribution in [0.4, 0.5) is 11.5 Å². The van der Waals surface area contributed by atoms with Crippen LogP contribution in [-0.2, 0) is 22.5 Å². The SMILES string of the molecule is C=CC(=O)N1CCN(c2nc(OCC3(CN(C)C4CC4)COC3)nc3c2C[C@@H](C)N(c2cccc4cccc(Cl)c24)C3)CC1CC#N. The van der Waals surface area contributed by atoms with Crippen molar-refractivity contribution in [2.24, 2.45) is 5.41 Å². The summed E-state index contributed by atoms with van der Waals surface area (Å²) in [5.41, 5.74) is 2.99. The van der Waals surface area contributed by atoms with Crippen LogP contribution in [-0.4, -0.2) is 96.8 Å². The van der Waals surface area contributed by atoms with Crippen LogP contribution < -0.4 is 14.5 Å². The number of amides is 1. The molecule has 7 rings (SSSR count). The van der Waals surface area contributed by atoms with Gasteiger partial charge in [-0.15, -0.1) is 0 Å². The van der Waals surface area contributed by atoms with Crippen LogP contribution in [0.2, 0.25) is 5.02 Å². The lowest BCUT2D eigenvalue weighted by molar-refractivity contribution is -0.143. The molecule has 2 saturated heterocycles. The molecule has 0 bridgehead atoms. The fraction of sp³-hybridized carbons (Fsp3) is 0.500. The van der Waals surface area contributed by atoms with Crippen LogP contribution in [0.25, 0.3) is 10.8 Å². The fourth-order valence-corrected chi connectivity index (χ4v) is 7.74. The average Bonchev–Trinajstić information content (AvgIpc) is 3.91. The summed E-state index contributed by atoms with van der Waals surface area (Å²) >= 11 is 6.78. The maximum absolute atomic E-state index is 12.7. The second kappa shape index (κ2) is 12.9. The summed E-state index contributed by atoms with van der Waals surface area (Å²) in [6.45, 7) is 10.7. The minimum absolute atomic E-state index is 0.0917. The van der Waals surface area contributed by atoms with Gasteiger partial charge in [0.15, 0.2) is 0 Å². The normalized spacial score (nSPS) is 22.1. The Morgan fingerprint density at radius 2 is 2.02 bits per heavy atom. The maximum atomic E-state index is 12.7. The lowest BCUT2D eigenvalue weighted by atomic mass is 9.86. The molecule has 10 nitrogen and oxygen atoms in total. The summed E-state index contributed by atoms with van der Waals surface area (Å²) in [5, 5.41) is 12.5. The molecule has 1 saturated carbocycles. The largest absolute Gasteiger partial charge is 0.463 e. The highest BCUT2D eigenvalue weighted by atomic mass is 35.5. The lowest BCUT2D eigenvalue weighted by Gasteiger charge is -2.44. The second-order valence-electron chi connectivity index (χ2n) is 13.7. The molecule has 0 radical (unpaired) electrons. The molecule has 0 N–H and O–H groups in total. The van der Waals surface area contributed by atoms with Gasteiger partial charge in [-0.05, 0) is 56.8 Å². The van der Waals surface area contributed by atoms with Crippen LogP contribution >= 0.6 is 11.6 Å². The third-order valence-electron chi connectivity index (χ3n) is 10.2. The predicted molar refractivity (Wildman–Crippen MR) is 183 cm³/mol. The summed E-state index contributed by atoms with van der Waals surface area (Å²) in [6, 6.07) is 15.5. The zero-order valence-electron chi connectivity index (χ0n) is 27.2. The molecule has 3 fully saturated rings. The highest BCUT2D eigenvalue weighted by Gasteiger charge is 2.43. The highest BCUT2D eigenvalue weighted by molar-refractivity contribution is 6.36. The van der Waals surface area contributed by atoms with Crippen LogP contribution in [0.3, 0.4) is 0 Å². The lowest BCUT2D eigenvalue weighted by Crippen LogP contribution is -2.55. The molecule has 4 aliphatic rings. The first kappa shape index (κ1) is 31.7. The average molecular weight is 656 g/mol. The third-order valence-corrected chi connectivity index (χ3v) is 10.5. The van der Waals surface area contributed by atoms with E-state index in [0.29, 0.717) is 58.1 Å². The number of aromatic nitrogens is 2. The van der Waals surface area contributed by atoms with Gasteiger partial charge < -0.3 is 29.1 Å². The first-order valence-electron chi connectivity index (χ1n) is 16.6. The van der Waals surface area contributed by atoms with Gasteiger partial charge in [-0.3, -0.25) is 4.79 Å². The number of ether oxygens (including phenoxy) is 2. The maximum Gasteiger partial charge on any atom is 0.318 e. The molecule has 47 heavy (non-hydrogen) atoms. The van der Waals surface area contributed by atoms with Crippen LogP contribution in [0.15, 0.2) is 49.1 Å². The van der Waals surface area contributed by atoms with E-state index in [1.54, 1.807) is 4.90 Å². The molecule has 3 aromatic rings. The summed E-state index contributed by atoms with van der Waals surface area (Å²) in [7, 11) is 2.19. The number of rotatable bonds is 10. The van der Waals surface area contributed by atoms with E-state index in [4.69, 9.17) is 31.0 Å². The van der Waals surface area contributed by atoms with E-state index in [2.05, 4.69) is 65.6 Å². The second-order valence-corrected chi connectivity index (χ2v) is 14.1. The molecule has 4 heterocycles. The molecule has 1 aliphatic carbocycles. The Balaban J connectivity index is 1.23. The number of fused-ring (bicyclic) bond motifs is 2. The van der Waals surface area contributed by atoms with Crippen molar-refractivity contribution in [1.29, 1.82) is 5.26 Å². The third kappa shape index (κ3) is 6.24. The molecule has 3 aliphatic heterocycles. The number of halogens is 1. The van der Waals surface area contributed by atoms with Crippen LogP contribution in [0, 0.1) is 16.7 Å². The van der Waals surface area contributed by atoms with E-state index in [-0.39, 0.29) is 29.8 Å². The summed E-state index contributed by atoms with van der Waals surface area (Å²) in [6.07, 6.45) is 4.79. The molecule has 246 valence electrons. The summed E-state index contributed by atoms with van der Waals surface area (Å²) in [4.78, 5) is 31.6. The molecule has 1 amide bonds. The molecule has 11 heteroatoms. The van der Waals surface area contributed by atoms with E-state index < -0.39 is 0 Å². The van der Waals surface area contributed by atoms with Gasteiger partial charge in [0.1, 0.15) is 12.4 Å². The molecular weight excluding hydrogens is 614 g/mol. The van der Waals surface area contributed by atoms with E-state index in [1.165, 1.54) is 18.9 Å². The predicted octanol–water partition coefficient (Wildman–Crippen LogP) is 4.84. The van der Waals surface area contributed by atoms with Crippen molar-refractivity contribution >= 4 is 39.8 Å². The summed E-state index contributed by atoms with van der Waals surface area (Å²) < 4.78 is 12.2. The van der Waals surface area contributed by atoms with Gasteiger partial charge in [-0.25, -0.2) is 0 Å². The Kier molecular flexibility index (Phi) is 8.73. The molecule has 1 aromatic heterocycles. The smallest absolute Gasteiger partial charge is 0.318 e. The number of hydrogen-bond acceptors (Lipinski definition) is 9. The van der Waals surface area contributed by atoms with Crippen LogP contribution in [0.1, 0.15) is 37.4 Å². The number of anilines is 2. The van der Waals surface area contributed by atoms with Crippen molar-refractivity contribution in [2.45, 2.75) is 57.3 Å². The topological polar surface area (TPSA) is 98.1 Å². The number of carbonyl (C=O) groups excluding carboxylic acids is 1. The zero-order valence-corrected chi connectivity index (χ0v) is 28.0. The van der Waals surface area contributed by atoms with Crippen molar-refractivity contribution in [1.82, 2.24) is 19.8 Å². The van der Waals surface area contributed by atoms with Crippen molar-refractivity contribution < 1.29 is 14.3 Å². The van der Waals surface area contributed by atoms with Gasteiger partial charge in [-0.2, -0.15) is 15.2 Å². The summed E-state index contributed by atoms with van der Waals surface area (Å²) in [5.74, 6) is 0.677. The standard InChI is InChI=1S/C36H42ClN7O3/c1-4-32(45)43-16-15-42(18-27(43)13-14-38)34-28-17-24(2)44(31-10-6-8-25-7-5-9-29(37)33(25)31)19-30(28)39-35(40-34)47-23-36(21-46-22-36)20-41(3)26-11-12-26/h4-10,24,26-27H,1,11-13,15-23H2,2-3H3/t24-,27?/m1/s1. The molecule has 2 atom stereocenters. The minimum atomic E-state index is -0.266. The van der Waals surface area contributed by atoms with Crippen LogP contribution in [0.5, 0.6) is 6.01 Å². The molecular formula is C36H42ClN7O3. The number of piperazine rings is 1. The zero-order chi connectivity index (χ0) is 32.7. The Labute approximate surface area is 281 Å². The van der Waals surface area contributed by atoms with Gasteiger partial charge >= 0.3 is 6.01 Å². The van der Waals surface area contributed by atoms with Gasteiger partial charge in [0.2, 0.25) is 5.91 Å². The molecule has 0 spiro atoms. The van der Waals surface area contributed by atoms with E-state index >= 15 is 0 Å². The van der Waals surface area contributed by atoms with Crippen molar-refractivity contribution in [3.63, 3.8) is 0 Å². The number of hydrogen-bond donors (Lipinski definition) is 0. The van der Waals surface area contributed by atoms with E-state index in [9.17, 15) is 10.1 Å². The Hall–Kier alpha value is -3.91.